The zero-order valence-corrected chi connectivity index (χ0v) is 33.4. The van der Waals surface area contributed by atoms with Crippen LogP contribution in [0.15, 0.2) is 30.9 Å². The Morgan fingerprint density at radius 3 is 2.51 bits per heavy atom. The van der Waals surface area contributed by atoms with Gasteiger partial charge in [0.05, 0.1) is 53.7 Å². The van der Waals surface area contributed by atoms with Crippen LogP contribution in [0.2, 0.25) is 0 Å². The van der Waals surface area contributed by atoms with E-state index in [2.05, 4.69) is 11.3 Å². The summed E-state index contributed by atoms with van der Waals surface area (Å²) >= 11 is 0. The quantitative estimate of drug-likeness (QED) is 0.280. The third-order valence-corrected chi connectivity index (χ3v) is 14.3. The average Bonchev–Trinajstić information content (AvgIpc) is 4.04. The summed E-state index contributed by atoms with van der Waals surface area (Å²) in [5, 5.41) is -0.611. The molecule has 3 saturated carbocycles. The van der Waals surface area contributed by atoms with E-state index in [4.69, 9.17) is 24.2 Å². The van der Waals surface area contributed by atoms with Crippen LogP contribution in [-0.4, -0.2) is 84.0 Å². The first kappa shape index (κ1) is 39.2. The molecule has 1 aromatic carbocycles. The van der Waals surface area contributed by atoms with Gasteiger partial charge in [0.1, 0.15) is 23.7 Å². The Balaban J connectivity index is 1.24. The lowest BCUT2D eigenvalue weighted by molar-refractivity contribution is -0.154. The summed E-state index contributed by atoms with van der Waals surface area (Å²) < 4.78 is 45.9. The molecule has 298 valence electrons. The standard InChI is InChI=1S/C41H54N4O9S/c1-7-25-20-41(25,39(49)44-55(50,51)27-14-15-27)21-32(46)36-23(2)34-22-45(36)38(48)28(40(3,4)5)19-35(47)53-33-17-24(33)11-9-8-10-12-30-37(54-34)43-31-18-26(52-6)13-16-29(31)42-30/h7,13,16,18,23-25,27-28,33-34,36H,1,8-12,14-15,17,19-22H2,2-6H3,(H,44,49)/t23-,24-,25-,28-,33-,34+,36?,41-/m1/s1. The molecule has 0 spiro atoms. The maximum Gasteiger partial charge on any atom is 0.306 e. The number of nitrogens with one attached hydrogen (secondary N) is 1. The molecule has 3 aliphatic carbocycles. The number of carbonyl (C=O) groups is 4. The highest BCUT2D eigenvalue weighted by atomic mass is 32.2. The molecule has 3 heterocycles. The Kier molecular flexibility index (Phi) is 10.5. The fourth-order valence-electron chi connectivity index (χ4n) is 8.57. The van der Waals surface area contributed by atoms with Crippen LogP contribution >= 0.6 is 0 Å². The maximum absolute atomic E-state index is 14.8. The van der Waals surface area contributed by atoms with E-state index in [1.807, 2.05) is 39.8 Å². The van der Waals surface area contributed by atoms with E-state index < -0.39 is 67.9 Å². The Hall–Kier alpha value is -4.07. The predicted molar refractivity (Wildman–Crippen MR) is 203 cm³/mol. The molecule has 1 aromatic heterocycles. The van der Waals surface area contributed by atoms with Gasteiger partial charge >= 0.3 is 5.97 Å². The van der Waals surface area contributed by atoms with Gasteiger partial charge in [-0.3, -0.25) is 23.9 Å². The van der Waals surface area contributed by atoms with Gasteiger partial charge in [-0.1, -0.05) is 46.6 Å². The minimum absolute atomic E-state index is 0.0279. The molecule has 14 heteroatoms. The lowest BCUT2D eigenvalue weighted by atomic mass is 9.77. The topological polar surface area (TPSA) is 171 Å². The minimum Gasteiger partial charge on any atom is -0.497 e. The van der Waals surface area contributed by atoms with E-state index in [1.165, 1.54) is 4.90 Å². The third-order valence-electron chi connectivity index (χ3n) is 12.5. The number of Topliss-reactive ketones (excluding diaryl/α,β-unsaturated/α-hetero) is 1. The molecule has 1 N–H and O–H groups in total. The van der Waals surface area contributed by atoms with Crippen molar-refractivity contribution in [2.45, 2.75) is 122 Å². The summed E-state index contributed by atoms with van der Waals surface area (Å²) in [5.41, 5.74) is -0.0165. The molecule has 1 unspecified atom stereocenters. The molecule has 5 aliphatic rings. The largest absolute Gasteiger partial charge is 0.497 e. The second-order valence-corrected chi connectivity index (χ2v) is 19.5. The lowest BCUT2D eigenvalue weighted by Crippen LogP contribution is -2.49. The number of carbonyl (C=O) groups excluding carboxylic acids is 4. The van der Waals surface area contributed by atoms with Gasteiger partial charge in [-0.05, 0) is 74.3 Å². The number of esters is 1. The van der Waals surface area contributed by atoms with Crippen LogP contribution in [0.1, 0.15) is 97.6 Å². The number of sulfonamides is 1. The number of ketones is 1. The van der Waals surface area contributed by atoms with E-state index in [1.54, 1.807) is 19.3 Å². The minimum atomic E-state index is -3.86. The van der Waals surface area contributed by atoms with Crippen molar-refractivity contribution in [3.05, 3.63) is 36.5 Å². The Morgan fingerprint density at radius 1 is 1.07 bits per heavy atom. The van der Waals surface area contributed by atoms with Crippen molar-refractivity contribution in [2.75, 3.05) is 13.7 Å². The molecule has 8 atom stereocenters. The van der Waals surface area contributed by atoms with Gasteiger partial charge in [0.2, 0.25) is 27.7 Å². The molecule has 55 heavy (non-hydrogen) atoms. The van der Waals surface area contributed by atoms with Crippen LogP contribution in [0.25, 0.3) is 11.0 Å². The van der Waals surface area contributed by atoms with Crippen molar-refractivity contribution in [1.29, 1.82) is 0 Å². The van der Waals surface area contributed by atoms with Gasteiger partial charge in [0, 0.05) is 18.4 Å². The van der Waals surface area contributed by atoms with Crippen LogP contribution in [0.4, 0.5) is 0 Å². The molecule has 2 amide bonds. The highest BCUT2D eigenvalue weighted by molar-refractivity contribution is 7.90. The number of aromatic nitrogens is 2. The molecule has 4 fully saturated rings. The third kappa shape index (κ3) is 8.11. The lowest BCUT2D eigenvalue weighted by Gasteiger charge is -2.35. The first-order chi connectivity index (χ1) is 26.0. The number of fused-ring (bicyclic) bond motifs is 5. The van der Waals surface area contributed by atoms with Gasteiger partial charge in [-0.25, -0.2) is 18.4 Å². The van der Waals surface area contributed by atoms with Gasteiger partial charge in [0.25, 0.3) is 0 Å². The number of ether oxygens (including phenoxy) is 3. The second-order valence-electron chi connectivity index (χ2n) is 17.5. The van der Waals surface area contributed by atoms with Crippen LogP contribution in [0.5, 0.6) is 11.6 Å². The molecule has 13 nitrogen and oxygen atoms in total. The fraction of sp³-hybridized carbons (Fsp3) is 0.659. The van der Waals surface area contributed by atoms with E-state index >= 15 is 0 Å². The molecule has 0 radical (unpaired) electrons. The Morgan fingerprint density at radius 2 is 1.84 bits per heavy atom. The number of rotatable bonds is 8. The SMILES string of the molecule is C=C[C@@H]1C[C@]1(CC(=O)C1[C@H](C)[C@@H]2CN1C(=O)[C@H](C(C)(C)C)CC(=O)O[C@@H]1C[C@H]1CCCCCc1nc3ccc(OC)cc3nc1O2)C(=O)NS(=O)(=O)C1CC1. The van der Waals surface area contributed by atoms with Crippen molar-refractivity contribution in [3.8, 4) is 11.6 Å². The summed E-state index contributed by atoms with van der Waals surface area (Å²) in [6, 6.07) is 4.45. The Labute approximate surface area is 323 Å². The molecular formula is C41H54N4O9S. The molecule has 1 saturated heterocycles. The van der Waals surface area contributed by atoms with Crippen LogP contribution in [0, 0.1) is 34.5 Å². The molecule has 2 aliphatic heterocycles. The molecular weight excluding hydrogens is 725 g/mol. The van der Waals surface area contributed by atoms with Crippen LogP contribution < -0.4 is 14.2 Å². The highest BCUT2D eigenvalue weighted by Gasteiger charge is 2.62. The molecule has 2 bridgehead atoms. The van der Waals surface area contributed by atoms with Crippen molar-refractivity contribution in [2.24, 2.45) is 34.5 Å². The average molecular weight is 779 g/mol. The predicted octanol–water partition coefficient (Wildman–Crippen LogP) is 5.09. The zero-order chi connectivity index (χ0) is 39.4. The second kappa shape index (κ2) is 14.8. The first-order valence-electron chi connectivity index (χ1n) is 19.8. The molecule has 7 rings (SSSR count). The van der Waals surface area contributed by atoms with E-state index in [-0.39, 0.29) is 43.6 Å². The van der Waals surface area contributed by atoms with Gasteiger partial charge in [0.15, 0.2) is 5.78 Å². The first-order valence-corrected chi connectivity index (χ1v) is 21.3. The monoisotopic (exact) mass is 778 g/mol. The van der Waals surface area contributed by atoms with Gasteiger partial charge in [-0.2, -0.15) is 0 Å². The van der Waals surface area contributed by atoms with Crippen molar-refractivity contribution in [1.82, 2.24) is 19.6 Å². The maximum atomic E-state index is 14.8. The van der Waals surface area contributed by atoms with Crippen molar-refractivity contribution in [3.63, 3.8) is 0 Å². The zero-order valence-electron chi connectivity index (χ0n) is 32.5. The highest BCUT2D eigenvalue weighted by Crippen LogP contribution is 2.57. The number of methoxy groups -OCH3 is 1. The van der Waals surface area contributed by atoms with Gasteiger partial charge < -0.3 is 19.1 Å². The summed E-state index contributed by atoms with van der Waals surface area (Å²) in [6.45, 7) is 11.4. The van der Waals surface area contributed by atoms with Crippen molar-refractivity contribution >= 4 is 44.6 Å². The summed E-state index contributed by atoms with van der Waals surface area (Å²) in [4.78, 5) is 68.0. The summed E-state index contributed by atoms with van der Waals surface area (Å²) in [6.07, 6.45) is 6.68. The number of allylic oxidation sites excluding steroid dienone is 1. The fourth-order valence-corrected chi connectivity index (χ4v) is 9.95. The number of benzene rings is 1. The Bertz CT molecular complexity index is 1990. The van der Waals surface area contributed by atoms with Crippen molar-refractivity contribution < 1.29 is 41.8 Å². The normalized spacial score (nSPS) is 31.5. The summed E-state index contributed by atoms with van der Waals surface area (Å²) in [7, 11) is -2.28. The van der Waals surface area contributed by atoms with Gasteiger partial charge in [-0.15, -0.1) is 6.58 Å². The molecule has 2 aromatic rings. The number of amides is 2. The van der Waals surface area contributed by atoms with Crippen LogP contribution in [0.3, 0.4) is 0 Å². The van der Waals surface area contributed by atoms with E-state index in [0.29, 0.717) is 53.5 Å². The smallest absolute Gasteiger partial charge is 0.306 e. The number of nitrogens with zero attached hydrogens (tertiary/aromatic N) is 3. The summed E-state index contributed by atoms with van der Waals surface area (Å²) in [5.74, 6) is -2.46. The number of hydrogen-bond acceptors (Lipinski definition) is 11. The van der Waals surface area contributed by atoms with E-state index in [0.717, 1.165) is 32.1 Å². The van der Waals surface area contributed by atoms with E-state index in [9.17, 15) is 27.6 Å². The number of hydrogen-bond donors (Lipinski definition) is 1. The number of aryl methyl sites for hydroxylation is 1. The van der Waals surface area contributed by atoms with Crippen LogP contribution in [-0.2, 0) is 40.4 Å².